The van der Waals surface area contributed by atoms with Gasteiger partial charge >= 0.3 is 0 Å². The fourth-order valence-corrected chi connectivity index (χ4v) is 2.54. The summed E-state index contributed by atoms with van der Waals surface area (Å²) in [5.74, 6) is 1.59. The molecule has 3 N–H and O–H groups in total. The van der Waals surface area contributed by atoms with E-state index in [-0.39, 0.29) is 0 Å². The Labute approximate surface area is 88.6 Å². The van der Waals surface area contributed by atoms with Crippen LogP contribution in [0.2, 0.25) is 0 Å². The Hall–Kier alpha value is -0.0800. The van der Waals surface area contributed by atoms with Crippen LogP contribution >= 0.6 is 0 Å². The van der Waals surface area contributed by atoms with E-state index in [2.05, 4.69) is 26.1 Å². The van der Waals surface area contributed by atoms with Gasteiger partial charge in [-0.3, -0.25) is 0 Å². The van der Waals surface area contributed by atoms with Gasteiger partial charge in [-0.2, -0.15) is 0 Å². The maximum absolute atomic E-state index is 5.89. The third-order valence-corrected chi connectivity index (χ3v) is 3.23. The minimum Gasteiger partial charge on any atom is -0.330 e. The molecule has 0 spiro atoms. The highest BCUT2D eigenvalue weighted by molar-refractivity contribution is 4.79. The molecular formula is C12H26N2. The van der Waals surface area contributed by atoms with Crippen LogP contribution in [-0.4, -0.2) is 19.6 Å². The molecule has 1 heterocycles. The molecule has 1 fully saturated rings. The zero-order valence-electron chi connectivity index (χ0n) is 9.97. The highest BCUT2D eigenvalue weighted by atomic mass is 14.9. The largest absolute Gasteiger partial charge is 0.330 e. The van der Waals surface area contributed by atoms with Crippen molar-refractivity contribution in [3.63, 3.8) is 0 Å². The fourth-order valence-electron chi connectivity index (χ4n) is 2.54. The summed E-state index contributed by atoms with van der Waals surface area (Å²) in [6.07, 6.45) is 3.91. The molecule has 14 heavy (non-hydrogen) atoms. The van der Waals surface area contributed by atoms with Crippen molar-refractivity contribution in [1.29, 1.82) is 0 Å². The molecule has 1 aliphatic rings. The lowest BCUT2D eigenvalue weighted by Crippen LogP contribution is -2.36. The Kier molecular flexibility index (Phi) is 4.39. The van der Waals surface area contributed by atoms with Gasteiger partial charge in [-0.25, -0.2) is 0 Å². The molecule has 0 amide bonds. The predicted molar refractivity (Wildman–Crippen MR) is 62.2 cm³/mol. The van der Waals surface area contributed by atoms with Crippen molar-refractivity contribution in [3.8, 4) is 0 Å². The molecule has 0 aromatic rings. The molecule has 0 aromatic heterocycles. The van der Waals surface area contributed by atoms with Gasteiger partial charge in [-0.05, 0) is 56.1 Å². The van der Waals surface area contributed by atoms with Crippen molar-refractivity contribution in [2.45, 2.75) is 40.0 Å². The van der Waals surface area contributed by atoms with Crippen molar-refractivity contribution >= 4 is 0 Å². The lowest BCUT2D eigenvalue weighted by molar-refractivity contribution is 0.193. The maximum atomic E-state index is 5.89. The lowest BCUT2D eigenvalue weighted by atomic mass is 9.75. The van der Waals surface area contributed by atoms with Crippen molar-refractivity contribution in [3.05, 3.63) is 0 Å². The Morgan fingerprint density at radius 2 is 1.86 bits per heavy atom. The van der Waals surface area contributed by atoms with Gasteiger partial charge in [0.15, 0.2) is 0 Å². The standard InChI is InChI=1S/C12H26N2/c1-12(2,3)8-11(9-13)10-4-6-14-7-5-10/h10-11,14H,4-9,13H2,1-3H3/t11-/m1/s1. The van der Waals surface area contributed by atoms with Crippen LogP contribution in [0, 0.1) is 17.3 Å². The van der Waals surface area contributed by atoms with E-state index in [0.717, 1.165) is 18.4 Å². The van der Waals surface area contributed by atoms with E-state index in [1.165, 1.54) is 32.4 Å². The average Bonchev–Trinajstić information content (AvgIpc) is 2.14. The van der Waals surface area contributed by atoms with Crippen LogP contribution in [0.1, 0.15) is 40.0 Å². The second kappa shape index (κ2) is 5.13. The fraction of sp³-hybridized carbons (Fsp3) is 1.00. The summed E-state index contributed by atoms with van der Waals surface area (Å²) in [7, 11) is 0. The summed E-state index contributed by atoms with van der Waals surface area (Å²) in [5.41, 5.74) is 6.32. The number of hydrogen-bond acceptors (Lipinski definition) is 2. The smallest absolute Gasteiger partial charge is 0.00460 e. The number of hydrogen-bond donors (Lipinski definition) is 2. The molecular weight excluding hydrogens is 172 g/mol. The van der Waals surface area contributed by atoms with Crippen molar-refractivity contribution in [1.82, 2.24) is 5.32 Å². The van der Waals surface area contributed by atoms with Crippen LogP contribution in [-0.2, 0) is 0 Å². The van der Waals surface area contributed by atoms with Crippen LogP contribution < -0.4 is 11.1 Å². The minimum atomic E-state index is 0.426. The van der Waals surface area contributed by atoms with Gasteiger partial charge in [0, 0.05) is 0 Å². The summed E-state index contributed by atoms with van der Waals surface area (Å²) < 4.78 is 0. The molecule has 0 unspecified atom stereocenters. The second-order valence-corrected chi connectivity index (χ2v) is 5.85. The van der Waals surface area contributed by atoms with Crippen LogP contribution in [0.25, 0.3) is 0 Å². The van der Waals surface area contributed by atoms with E-state index in [4.69, 9.17) is 5.73 Å². The van der Waals surface area contributed by atoms with Gasteiger partial charge in [0.2, 0.25) is 0 Å². The molecule has 84 valence electrons. The first-order valence-electron chi connectivity index (χ1n) is 5.94. The number of piperidine rings is 1. The molecule has 1 aliphatic heterocycles. The van der Waals surface area contributed by atoms with E-state index in [0.29, 0.717) is 5.41 Å². The zero-order valence-corrected chi connectivity index (χ0v) is 9.97. The Morgan fingerprint density at radius 1 is 1.29 bits per heavy atom. The van der Waals surface area contributed by atoms with Gasteiger partial charge < -0.3 is 11.1 Å². The van der Waals surface area contributed by atoms with E-state index in [9.17, 15) is 0 Å². The third-order valence-electron chi connectivity index (χ3n) is 3.23. The average molecular weight is 198 g/mol. The van der Waals surface area contributed by atoms with Crippen molar-refractivity contribution < 1.29 is 0 Å². The van der Waals surface area contributed by atoms with Gasteiger partial charge in [-0.1, -0.05) is 20.8 Å². The summed E-state index contributed by atoms with van der Waals surface area (Å²) in [5, 5.41) is 3.42. The second-order valence-electron chi connectivity index (χ2n) is 5.85. The summed E-state index contributed by atoms with van der Waals surface area (Å²) in [6, 6.07) is 0. The first-order chi connectivity index (χ1) is 6.53. The van der Waals surface area contributed by atoms with E-state index >= 15 is 0 Å². The minimum absolute atomic E-state index is 0.426. The van der Waals surface area contributed by atoms with Gasteiger partial charge in [0.25, 0.3) is 0 Å². The molecule has 2 nitrogen and oxygen atoms in total. The summed E-state index contributed by atoms with van der Waals surface area (Å²) >= 11 is 0. The monoisotopic (exact) mass is 198 g/mol. The Bertz CT molecular complexity index is 154. The first-order valence-corrected chi connectivity index (χ1v) is 5.94. The van der Waals surface area contributed by atoms with Gasteiger partial charge in [0.05, 0.1) is 0 Å². The zero-order chi connectivity index (χ0) is 10.6. The molecule has 0 aliphatic carbocycles. The molecule has 0 saturated carbocycles. The molecule has 0 aromatic carbocycles. The molecule has 1 rings (SSSR count). The highest BCUT2D eigenvalue weighted by Gasteiger charge is 2.26. The third kappa shape index (κ3) is 3.97. The van der Waals surface area contributed by atoms with Gasteiger partial charge in [0.1, 0.15) is 0 Å². The topological polar surface area (TPSA) is 38.0 Å². The van der Waals surface area contributed by atoms with Crippen LogP contribution in [0.4, 0.5) is 0 Å². The van der Waals surface area contributed by atoms with E-state index < -0.39 is 0 Å². The Morgan fingerprint density at radius 3 is 2.29 bits per heavy atom. The summed E-state index contributed by atoms with van der Waals surface area (Å²) in [4.78, 5) is 0. The lowest BCUT2D eigenvalue weighted by Gasteiger charge is -2.34. The van der Waals surface area contributed by atoms with Crippen LogP contribution in [0.15, 0.2) is 0 Å². The molecule has 0 radical (unpaired) electrons. The molecule has 2 heteroatoms. The van der Waals surface area contributed by atoms with Crippen molar-refractivity contribution in [2.24, 2.45) is 23.0 Å². The predicted octanol–water partition coefficient (Wildman–Crippen LogP) is 2.00. The normalized spacial score (nSPS) is 22.3. The van der Waals surface area contributed by atoms with Crippen molar-refractivity contribution in [2.75, 3.05) is 19.6 Å². The van der Waals surface area contributed by atoms with Crippen LogP contribution in [0.3, 0.4) is 0 Å². The number of rotatable bonds is 3. The number of nitrogens with one attached hydrogen (secondary N) is 1. The summed E-state index contributed by atoms with van der Waals surface area (Å²) in [6.45, 7) is 10.2. The highest BCUT2D eigenvalue weighted by Crippen LogP contribution is 2.32. The Balaban J connectivity index is 2.43. The van der Waals surface area contributed by atoms with E-state index in [1.54, 1.807) is 0 Å². The van der Waals surface area contributed by atoms with Crippen LogP contribution in [0.5, 0.6) is 0 Å². The molecule has 1 saturated heterocycles. The van der Waals surface area contributed by atoms with E-state index in [1.807, 2.05) is 0 Å². The van der Waals surface area contributed by atoms with Gasteiger partial charge in [-0.15, -0.1) is 0 Å². The first kappa shape index (κ1) is 12.0. The molecule has 1 atom stereocenters. The quantitative estimate of drug-likeness (QED) is 0.728. The maximum Gasteiger partial charge on any atom is -0.00460 e. The SMILES string of the molecule is CC(C)(C)C[C@H](CN)C1CCNCC1. The molecule has 0 bridgehead atoms. The number of nitrogens with two attached hydrogens (primary N) is 1.